The molecule has 0 radical (unpaired) electrons. The van der Waals surface area contributed by atoms with Gasteiger partial charge in [-0.25, -0.2) is 0 Å². The van der Waals surface area contributed by atoms with Crippen molar-refractivity contribution in [1.82, 2.24) is 0 Å². The normalized spacial score (nSPS) is 12.1. The average molecular weight is 190 g/mol. The highest BCUT2D eigenvalue weighted by Crippen LogP contribution is 2.30. The number of hydrogen-bond donors (Lipinski definition) is 1. The SMILES string of the molecule is C=C(C)C(C)c1cc(C=O)ccc1O. The first-order chi connectivity index (χ1) is 6.56. The zero-order valence-corrected chi connectivity index (χ0v) is 8.45. The summed E-state index contributed by atoms with van der Waals surface area (Å²) in [6, 6.07) is 4.83. The third-order valence-electron chi connectivity index (χ3n) is 2.39. The van der Waals surface area contributed by atoms with E-state index in [4.69, 9.17) is 0 Å². The first-order valence-corrected chi connectivity index (χ1v) is 4.49. The predicted molar refractivity (Wildman–Crippen MR) is 56.7 cm³/mol. The van der Waals surface area contributed by atoms with E-state index < -0.39 is 0 Å². The lowest BCUT2D eigenvalue weighted by molar-refractivity contribution is 0.112. The second kappa shape index (κ2) is 4.09. The summed E-state index contributed by atoms with van der Waals surface area (Å²) < 4.78 is 0. The monoisotopic (exact) mass is 190 g/mol. The van der Waals surface area contributed by atoms with Crippen molar-refractivity contribution in [3.05, 3.63) is 41.5 Å². The molecule has 0 bridgehead atoms. The van der Waals surface area contributed by atoms with Crippen LogP contribution in [0.15, 0.2) is 30.4 Å². The highest BCUT2D eigenvalue weighted by Gasteiger charge is 2.11. The van der Waals surface area contributed by atoms with Crippen LogP contribution in [0.2, 0.25) is 0 Å². The fourth-order valence-corrected chi connectivity index (χ4v) is 1.26. The second-order valence-electron chi connectivity index (χ2n) is 3.50. The molecule has 0 saturated carbocycles. The summed E-state index contributed by atoms with van der Waals surface area (Å²) >= 11 is 0. The first-order valence-electron chi connectivity index (χ1n) is 4.49. The summed E-state index contributed by atoms with van der Waals surface area (Å²) in [6.07, 6.45) is 0.772. The molecule has 1 atom stereocenters. The van der Waals surface area contributed by atoms with Gasteiger partial charge in [0, 0.05) is 17.0 Å². The Morgan fingerprint density at radius 1 is 1.57 bits per heavy atom. The second-order valence-corrected chi connectivity index (χ2v) is 3.50. The number of phenols is 1. The Bertz CT molecular complexity index is 367. The van der Waals surface area contributed by atoms with Gasteiger partial charge in [0.25, 0.3) is 0 Å². The number of allylic oxidation sites excluding steroid dienone is 1. The molecule has 0 saturated heterocycles. The van der Waals surface area contributed by atoms with Crippen molar-refractivity contribution in [2.75, 3.05) is 0 Å². The number of carbonyl (C=O) groups excluding carboxylic acids is 1. The molecule has 74 valence electrons. The third kappa shape index (κ3) is 2.02. The largest absolute Gasteiger partial charge is 0.508 e. The van der Waals surface area contributed by atoms with Gasteiger partial charge in [-0.2, -0.15) is 0 Å². The minimum Gasteiger partial charge on any atom is -0.508 e. The summed E-state index contributed by atoms with van der Waals surface area (Å²) in [7, 11) is 0. The van der Waals surface area contributed by atoms with E-state index in [1.54, 1.807) is 18.2 Å². The highest BCUT2D eigenvalue weighted by atomic mass is 16.3. The molecule has 0 spiro atoms. The maximum Gasteiger partial charge on any atom is 0.150 e. The maximum atomic E-state index is 10.6. The Morgan fingerprint density at radius 2 is 2.21 bits per heavy atom. The molecule has 1 rings (SSSR count). The van der Waals surface area contributed by atoms with E-state index in [9.17, 15) is 9.90 Å². The molecule has 2 heteroatoms. The van der Waals surface area contributed by atoms with E-state index in [1.807, 2.05) is 13.8 Å². The molecule has 0 aliphatic heterocycles. The Labute approximate surface area is 83.9 Å². The molecule has 0 heterocycles. The fourth-order valence-electron chi connectivity index (χ4n) is 1.26. The van der Waals surface area contributed by atoms with Crippen LogP contribution in [-0.4, -0.2) is 11.4 Å². The van der Waals surface area contributed by atoms with Crippen LogP contribution in [-0.2, 0) is 0 Å². The van der Waals surface area contributed by atoms with E-state index in [2.05, 4.69) is 6.58 Å². The van der Waals surface area contributed by atoms with Gasteiger partial charge in [0.15, 0.2) is 0 Å². The molecule has 1 N–H and O–H groups in total. The lowest BCUT2D eigenvalue weighted by atomic mass is 9.93. The number of carbonyl (C=O) groups is 1. The Balaban J connectivity index is 3.18. The van der Waals surface area contributed by atoms with Gasteiger partial charge >= 0.3 is 0 Å². The standard InChI is InChI=1S/C12H14O2/c1-8(2)9(3)11-6-10(7-13)4-5-12(11)14/h4-7,9,14H,1H2,2-3H3. The Kier molecular flexibility index (Phi) is 3.07. The van der Waals surface area contributed by atoms with Crippen LogP contribution >= 0.6 is 0 Å². The summed E-state index contributed by atoms with van der Waals surface area (Å²) in [6.45, 7) is 7.68. The van der Waals surface area contributed by atoms with Crippen molar-refractivity contribution in [2.24, 2.45) is 0 Å². The quantitative estimate of drug-likeness (QED) is 0.587. The first kappa shape index (κ1) is 10.5. The van der Waals surface area contributed by atoms with Gasteiger partial charge in [-0.15, -0.1) is 0 Å². The van der Waals surface area contributed by atoms with Crippen LogP contribution in [0.3, 0.4) is 0 Å². The number of hydrogen-bond acceptors (Lipinski definition) is 2. The van der Waals surface area contributed by atoms with Crippen molar-refractivity contribution in [2.45, 2.75) is 19.8 Å². The minimum absolute atomic E-state index is 0.0647. The smallest absolute Gasteiger partial charge is 0.150 e. The van der Waals surface area contributed by atoms with Crippen molar-refractivity contribution >= 4 is 6.29 Å². The van der Waals surface area contributed by atoms with Crippen LogP contribution in [0, 0.1) is 0 Å². The number of rotatable bonds is 3. The molecule has 2 nitrogen and oxygen atoms in total. The van der Waals surface area contributed by atoms with Crippen molar-refractivity contribution < 1.29 is 9.90 Å². The van der Waals surface area contributed by atoms with Gasteiger partial charge in [-0.3, -0.25) is 4.79 Å². The molecule has 0 aliphatic carbocycles. The maximum absolute atomic E-state index is 10.6. The van der Waals surface area contributed by atoms with Gasteiger partial charge in [0.05, 0.1) is 0 Å². The number of benzene rings is 1. The summed E-state index contributed by atoms with van der Waals surface area (Å²) in [5.74, 6) is 0.279. The lowest BCUT2D eigenvalue weighted by Crippen LogP contribution is -1.96. The molecule has 1 aromatic carbocycles. The van der Waals surface area contributed by atoms with E-state index in [1.165, 1.54) is 0 Å². The predicted octanol–water partition coefficient (Wildman–Crippen LogP) is 2.88. The molecule has 1 aromatic rings. The van der Waals surface area contributed by atoms with Crippen molar-refractivity contribution in [1.29, 1.82) is 0 Å². The molecule has 0 aromatic heterocycles. The zero-order valence-electron chi connectivity index (χ0n) is 8.45. The van der Waals surface area contributed by atoms with E-state index >= 15 is 0 Å². The topological polar surface area (TPSA) is 37.3 Å². The van der Waals surface area contributed by atoms with Crippen LogP contribution in [0.4, 0.5) is 0 Å². The number of aldehydes is 1. The summed E-state index contributed by atoms with van der Waals surface area (Å²) in [5, 5.41) is 9.59. The molecule has 0 amide bonds. The van der Waals surface area contributed by atoms with Gasteiger partial charge in [-0.05, 0) is 25.1 Å². The average Bonchev–Trinajstić information content (AvgIpc) is 2.17. The zero-order chi connectivity index (χ0) is 10.7. The van der Waals surface area contributed by atoms with E-state index in [0.717, 1.165) is 17.4 Å². The molecule has 0 fully saturated rings. The Hall–Kier alpha value is -1.57. The van der Waals surface area contributed by atoms with Crippen molar-refractivity contribution in [3.63, 3.8) is 0 Å². The van der Waals surface area contributed by atoms with E-state index in [0.29, 0.717) is 5.56 Å². The van der Waals surface area contributed by atoms with Crippen LogP contribution in [0.5, 0.6) is 5.75 Å². The van der Waals surface area contributed by atoms with Gasteiger partial charge in [0.1, 0.15) is 12.0 Å². The van der Waals surface area contributed by atoms with Gasteiger partial charge in [0.2, 0.25) is 0 Å². The molecular formula is C12H14O2. The highest BCUT2D eigenvalue weighted by molar-refractivity contribution is 5.75. The third-order valence-corrected chi connectivity index (χ3v) is 2.39. The summed E-state index contributed by atoms with van der Waals surface area (Å²) in [5.41, 5.74) is 2.29. The van der Waals surface area contributed by atoms with Gasteiger partial charge < -0.3 is 5.11 Å². The number of phenolic OH excluding ortho intramolecular Hbond substituents is 1. The van der Waals surface area contributed by atoms with Crippen LogP contribution in [0.1, 0.15) is 35.7 Å². The Morgan fingerprint density at radius 3 is 2.71 bits per heavy atom. The lowest BCUT2D eigenvalue weighted by Gasteiger charge is -2.13. The molecule has 0 aliphatic rings. The van der Waals surface area contributed by atoms with Crippen molar-refractivity contribution in [3.8, 4) is 5.75 Å². The molecular weight excluding hydrogens is 176 g/mol. The van der Waals surface area contributed by atoms with Crippen LogP contribution < -0.4 is 0 Å². The van der Waals surface area contributed by atoms with Gasteiger partial charge in [-0.1, -0.05) is 19.1 Å². The van der Waals surface area contributed by atoms with Crippen LogP contribution in [0.25, 0.3) is 0 Å². The fraction of sp³-hybridized carbons (Fsp3) is 0.250. The molecule has 1 unspecified atom stereocenters. The summed E-state index contributed by atoms with van der Waals surface area (Å²) in [4.78, 5) is 10.6. The van der Waals surface area contributed by atoms with E-state index in [-0.39, 0.29) is 11.7 Å². The molecule has 14 heavy (non-hydrogen) atoms. The minimum atomic E-state index is 0.0647. The number of aromatic hydroxyl groups is 1.